The van der Waals surface area contributed by atoms with Crippen LogP contribution in [0.4, 0.5) is 0 Å². The van der Waals surface area contributed by atoms with Gasteiger partial charge in [0.25, 0.3) is 0 Å². The van der Waals surface area contributed by atoms with Gasteiger partial charge in [0, 0.05) is 6.42 Å². The van der Waals surface area contributed by atoms with Gasteiger partial charge < -0.3 is 10.4 Å². The highest BCUT2D eigenvalue weighted by molar-refractivity contribution is 5.86. The summed E-state index contributed by atoms with van der Waals surface area (Å²) >= 11 is 0. The summed E-state index contributed by atoms with van der Waals surface area (Å²) in [7, 11) is 0. The molecule has 0 spiro atoms. The number of carbonyl (C=O) groups is 2. The quantitative estimate of drug-likeness (QED) is 0.759. The van der Waals surface area contributed by atoms with Crippen LogP contribution in [0, 0.1) is 5.41 Å². The number of hydrogen-bond acceptors (Lipinski definition) is 2. The van der Waals surface area contributed by atoms with Crippen LogP contribution < -0.4 is 5.32 Å². The Balaban J connectivity index is 4.28. The smallest absolute Gasteiger partial charge is 0.329 e. The number of rotatable bonds is 5. The second kappa shape index (κ2) is 5.32. The van der Waals surface area contributed by atoms with Crippen LogP contribution >= 0.6 is 0 Å². The van der Waals surface area contributed by atoms with Crippen LogP contribution in [0.15, 0.2) is 0 Å². The molecule has 0 rings (SSSR count). The van der Waals surface area contributed by atoms with Crippen molar-refractivity contribution in [3.05, 3.63) is 0 Å². The van der Waals surface area contributed by atoms with Crippen molar-refractivity contribution in [1.29, 1.82) is 0 Å². The zero-order chi connectivity index (χ0) is 13.0. The van der Waals surface area contributed by atoms with Gasteiger partial charge in [-0.2, -0.15) is 0 Å². The third-order valence-corrected chi connectivity index (χ3v) is 2.70. The Kier molecular flexibility index (Phi) is 4.97. The maximum Gasteiger partial charge on any atom is 0.329 e. The number of aliphatic carboxylic acids is 1. The monoisotopic (exact) mass is 229 g/mol. The van der Waals surface area contributed by atoms with E-state index in [1.807, 2.05) is 0 Å². The molecule has 0 aliphatic carbocycles. The van der Waals surface area contributed by atoms with Gasteiger partial charge in [0.1, 0.15) is 5.54 Å². The van der Waals surface area contributed by atoms with Crippen molar-refractivity contribution >= 4 is 11.9 Å². The summed E-state index contributed by atoms with van der Waals surface area (Å²) in [6.07, 6.45) is 1.49. The van der Waals surface area contributed by atoms with Gasteiger partial charge in [-0.15, -0.1) is 0 Å². The lowest BCUT2D eigenvalue weighted by atomic mass is 9.90. The molecule has 0 saturated carbocycles. The van der Waals surface area contributed by atoms with Crippen molar-refractivity contribution in [1.82, 2.24) is 5.32 Å². The van der Waals surface area contributed by atoms with E-state index in [9.17, 15) is 9.59 Å². The van der Waals surface area contributed by atoms with Gasteiger partial charge in [0.05, 0.1) is 0 Å². The van der Waals surface area contributed by atoms with Crippen LogP contribution in [0.2, 0.25) is 0 Å². The molecular formula is C12H23NO3. The summed E-state index contributed by atoms with van der Waals surface area (Å²) in [6.45, 7) is 9.44. The van der Waals surface area contributed by atoms with E-state index >= 15 is 0 Å². The van der Waals surface area contributed by atoms with Gasteiger partial charge in [0.15, 0.2) is 0 Å². The maximum atomic E-state index is 11.6. The Morgan fingerprint density at radius 2 is 1.69 bits per heavy atom. The molecule has 1 amide bonds. The molecule has 0 heterocycles. The number of hydrogen-bond donors (Lipinski definition) is 2. The molecule has 0 aliphatic rings. The third kappa shape index (κ3) is 5.14. The molecule has 4 heteroatoms. The van der Waals surface area contributed by atoms with Gasteiger partial charge in [0.2, 0.25) is 5.91 Å². The van der Waals surface area contributed by atoms with Crippen LogP contribution in [0.3, 0.4) is 0 Å². The van der Waals surface area contributed by atoms with Gasteiger partial charge in [-0.1, -0.05) is 27.7 Å². The summed E-state index contributed by atoms with van der Waals surface area (Å²) in [6, 6.07) is 0. The summed E-state index contributed by atoms with van der Waals surface area (Å²) in [4.78, 5) is 22.6. The van der Waals surface area contributed by atoms with E-state index in [2.05, 4.69) is 26.1 Å². The molecule has 4 nitrogen and oxygen atoms in total. The minimum atomic E-state index is -1.14. The van der Waals surface area contributed by atoms with Crippen molar-refractivity contribution in [2.24, 2.45) is 5.41 Å². The highest BCUT2D eigenvalue weighted by Gasteiger charge is 2.32. The van der Waals surface area contributed by atoms with Crippen LogP contribution in [0.5, 0.6) is 0 Å². The molecule has 0 saturated heterocycles. The number of nitrogens with one attached hydrogen (secondary N) is 1. The summed E-state index contributed by atoms with van der Waals surface area (Å²) in [5.74, 6) is -1.18. The first kappa shape index (κ1) is 14.9. The minimum Gasteiger partial charge on any atom is -0.480 e. The van der Waals surface area contributed by atoms with Crippen molar-refractivity contribution in [2.45, 2.75) is 59.4 Å². The molecule has 0 unspecified atom stereocenters. The Morgan fingerprint density at radius 1 is 1.19 bits per heavy atom. The molecule has 0 radical (unpaired) electrons. The van der Waals surface area contributed by atoms with Crippen molar-refractivity contribution in [3.63, 3.8) is 0 Å². The van der Waals surface area contributed by atoms with Crippen LogP contribution in [-0.2, 0) is 9.59 Å². The molecule has 0 fully saturated rings. The molecule has 0 aromatic carbocycles. The van der Waals surface area contributed by atoms with Gasteiger partial charge in [-0.05, 0) is 25.2 Å². The minimum absolute atomic E-state index is 0.0865. The number of carboxylic acids is 1. The predicted octanol–water partition coefficient (Wildman–Crippen LogP) is 2.18. The Bertz CT molecular complexity index is 268. The topological polar surface area (TPSA) is 66.4 Å². The van der Waals surface area contributed by atoms with E-state index in [1.165, 1.54) is 6.92 Å². The molecule has 0 aliphatic heterocycles. The normalized spacial score (nSPS) is 15.3. The zero-order valence-electron chi connectivity index (χ0n) is 10.9. The summed E-state index contributed by atoms with van der Waals surface area (Å²) in [5.41, 5.74) is -1.06. The molecule has 2 N–H and O–H groups in total. The maximum absolute atomic E-state index is 11.6. The molecule has 0 bridgehead atoms. The van der Waals surface area contributed by atoms with E-state index in [0.29, 0.717) is 12.8 Å². The molecule has 94 valence electrons. The van der Waals surface area contributed by atoms with E-state index in [4.69, 9.17) is 5.11 Å². The van der Waals surface area contributed by atoms with E-state index < -0.39 is 11.5 Å². The Labute approximate surface area is 97.4 Å². The van der Waals surface area contributed by atoms with Crippen LogP contribution in [-0.4, -0.2) is 22.5 Å². The Morgan fingerprint density at radius 3 is 2.00 bits per heavy atom. The number of amides is 1. The lowest BCUT2D eigenvalue weighted by Crippen LogP contribution is -2.51. The van der Waals surface area contributed by atoms with E-state index in [1.54, 1.807) is 6.92 Å². The summed E-state index contributed by atoms with van der Waals surface area (Å²) < 4.78 is 0. The zero-order valence-corrected chi connectivity index (χ0v) is 10.9. The highest BCUT2D eigenvalue weighted by Crippen LogP contribution is 2.20. The molecule has 16 heavy (non-hydrogen) atoms. The van der Waals surface area contributed by atoms with E-state index in [0.717, 1.165) is 6.42 Å². The van der Waals surface area contributed by atoms with Gasteiger partial charge in [-0.3, -0.25) is 4.79 Å². The molecule has 0 aromatic rings. The van der Waals surface area contributed by atoms with Gasteiger partial charge in [-0.25, -0.2) is 4.79 Å². The second-order valence-electron chi connectivity index (χ2n) is 5.60. The first-order valence-electron chi connectivity index (χ1n) is 5.65. The third-order valence-electron chi connectivity index (χ3n) is 2.70. The van der Waals surface area contributed by atoms with E-state index in [-0.39, 0.29) is 11.3 Å². The van der Waals surface area contributed by atoms with Crippen molar-refractivity contribution in [2.75, 3.05) is 0 Å². The average molecular weight is 229 g/mol. The van der Waals surface area contributed by atoms with Gasteiger partial charge >= 0.3 is 5.97 Å². The average Bonchev–Trinajstić information content (AvgIpc) is 2.13. The Hall–Kier alpha value is -1.06. The number of carboxylic acid groups (broad SMARTS) is 1. The fraction of sp³-hybridized carbons (Fsp3) is 0.833. The first-order valence-corrected chi connectivity index (χ1v) is 5.65. The molecular weight excluding hydrogens is 206 g/mol. The number of carbonyl (C=O) groups excluding carboxylic acids is 1. The molecule has 0 aromatic heterocycles. The predicted molar refractivity (Wildman–Crippen MR) is 63.2 cm³/mol. The lowest BCUT2D eigenvalue weighted by Gasteiger charge is -2.25. The SMILES string of the molecule is CC[C@](C)(NC(=O)CCC(C)(C)C)C(=O)O. The fourth-order valence-corrected chi connectivity index (χ4v) is 1.15. The highest BCUT2D eigenvalue weighted by atomic mass is 16.4. The lowest BCUT2D eigenvalue weighted by molar-refractivity contribution is -0.147. The first-order chi connectivity index (χ1) is 7.10. The van der Waals surface area contributed by atoms with Crippen molar-refractivity contribution < 1.29 is 14.7 Å². The van der Waals surface area contributed by atoms with Crippen LogP contribution in [0.1, 0.15) is 53.9 Å². The summed E-state index contributed by atoms with van der Waals surface area (Å²) in [5, 5.41) is 11.6. The molecule has 1 atom stereocenters. The second-order valence-corrected chi connectivity index (χ2v) is 5.60. The largest absolute Gasteiger partial charge is 0.480 e. The fourth-order valence-electron chi connectivity index (χ4n) is 1.15. The van der Waals surface area contributed by atoms with Crippen LogP contribution in [0.25, 0.3) is 0 Å². The standard InChI is InChI=1S/C12H23NO3/c1-6-12(5,10(15)16)13-9(14)7-8-11(2,3)4/h6-8H2,1-5H3,(H,13,14)(H,15,16)/t12-/m0/s1. The van der Waals surface area contributed by atoms with Crippen molar-refractivity contribution in [3.8, 4) is 0 Å².